The number of aromatic nitrogens is 3. The fourth-order valence-corrected chi connectivity index (χ4v) is 1.78. The molecule has 0 spiro atoms. The maximum atomic E-state index is 10.6. The molecule has 0 bridgehead atoms. The average molecular weight is 255 g/mol. The zero-order chi connectivity index (χ0) is 13.4. The van der Waals surface area contributed by atoms with Crippen LogP contribution in [0, 0.1) is 10.1 Å². The lowest BCUT2D eigenvalue weighted by atomic mass is 10.2. The molecule has 0 unspecified atom stereocenters. The summed E-state index contributed by atoms with van der Waals surface area (Å²) in [6.07, 6.45) is 1.74. The summed E-state index contributed by atoms with van der Waals surface area (Å²) in [6.45, 7) is 0. The molecular weight excluding hydrogens is 246 g/mol. The average Bonchev–Trinajstić information content (AvgIpc) is 2.84. The van der Waals surface area contributed by atoms with Gasteiger partial charge in [-0.05, 0) is 24.3 Å². The molecule has 0 aliphatic rings. The van der Waals surface area contributed by atoms with Crippen LogP contribution in [0.1, 0.15) is 0 Å². The van der Waals surface area contributed by atoms with E-state index < -0.39 is 4.92 Å². The number of benzene rings is 1. The fourth-order valence-electron chi connectivity index (χ4n) is 1.78. The van der Waals surface area contributed by atoms with Gasteiger partial charge in [0.1, 0.15) is 0 Å². The van der Waals surface area contributed by atoms with Gasteiger partial charge in [0.2, 0.25) is 0 Å². The lowest BCUT2D eigenvalue weighted by Gasteiger charge is -1.94. The highest BCUT2D eigenvalue weighted by molar-refractivity contribution is 5.68. The highest BCUT2D eigenvalue weighted by Crippen LogP contribution is 2.21. The number of rotatable bonds is 2. The van der Waals surface area contributed by atoms with E-state index in [0.717, 1.165) is 0 Å². The summed E-state index contributed by atoms with van der Waals surface area (Å²) in [5, 5.41) is 14.9. The van der Waals surface area contributed by atoms with Crippen LogP contribution in [0.25, 0.3) is 17.0 Å². The van der Waals surface area contributed by atoms with Gasteiger partial charge in [-0.25, -0.2) is 9.50 Å². The third-order valence-corrected chi connectivity index (χ3v) is 2.73. The molecular formula is C12H9N5O2. The Morgan fingerprint density at radius 2 is 1.95 bits per heavy atom. The van der Waals surface area contributed by atoms with Gasteiger partial charge in [-0.2, -0.15) is 0 Å². The van der Waals surface area contributed by atoms with Crippen molar-refractivity contribution in [2.45, 2.75) is 0 Å². The Hall–Kier alpha value is -2.96. The predicted molar refractivity (Wildman–Crippen MR) is 69.5 cm³/mol. The molecule has 19 heavy (non-hydrogen) atoms. The lowest BCUT2D eigenvalue weighted by molar-refractivity contribution is -0.384. The number of non-ortho nitro benzene ring substituents is 1. The van der Waals surface area contributed by atoms with E-state index in [2.05, 4.69) is 10.1 Å². The molecule has 3 rings (SSSR count). The first kappa shape index (κ1) is 11.1. The minimum atomic E-state index is -0.446. The van der Waals surface area contributed by atoms with E-state index >= 15 is 0 Å². The third kappa shape index (κ3) is 1.86. The van der Waals surface area contributed by atoms with Crippen molar-refractivity contribution in [3.63, 3.8) is 0 Å². The van der Waals surface area contributed by atoms with Gasteiger partial charge in [-0.3, -0.25) is 10.1 Å². The van der Waals surface area contributed by atoms with Crippen molar-refractivity contribution in [2.24, 2.45) is 0 Å². The molecule has 0 saturated carbocycles. The molecule has 2 N–H and O–H groups in total. The highest BCUT2D eigenvalue weighted by atomic mass is 16.6. The molecule has 0 aliphatic heterocycles. The second-order valence-corrected chi connectivity index (χ2v) is 3.97. The first-order valence-electron chi connectivity index (χ1n) is 5.51. The number of nitrogens with two attached hydrogens (primary N) is 1. The van der Waals surface area contributed by atoms with E-state index in [9.17, 15) is 10.1 Å². The van der Waals surface area contributed by atoms with E-state index in [1.54, 1.807) is 35.0 Å². The molecule has 3 aromatic rings. The Morgan fingerprint density at radius 3 is 2.58 bits per heavy atom. The van der Waals surface area contributed by atoms with Crippen LogP contribution in [0.4, 0.5) is 11.4 Å². The van der Waals surface area contributed by atoms with E-state index in [0.29, 0.717) is 22.7 Å². The standard InChI is InChI=1S/C12H9N5O2/c13-10-2-1-7-16-12(10)14-11(15-16)8-3-5-9(6-4-8)17(18)19/h1-7H,13H2. The molecule has 7 nitrogen and oxygen atoms in total. The van der Waals surface area contributed by atoms with Crippen molar-refractivity contribution in [1.29, 1.82) is 0 Å². The predicted octanol–water partition coefficient (Wildman–Crippen LogP) is 1.89. The van der Waals surface area contributed by atoms with Crippen molar-refractivity contribution in [3.05, 3.63) is 52.7 Å². The first-order chi connectivity index (χ1) is 9.15. The van der Waals surface area contributed by atoms with Gasteiger partial charge in [-0.1, -0.05) is 0 Å². The zero-order valence-corrected chi connectivity index (χ0v) is 9.72. The van der Waals surface area contributed by atoms with Gasteiger partial charge < -0.3 is 5.73 Å². The molecule has 1 aromatic carbocycles. The fraction of sp³-hybridized carbons (Fsp3) is 0. The smallest absolute Gasteiger partial charge is 0.269 e. The molecule has 2 heterocycles. The Labute approximate surface area is 107 Å². The summed E-state index contributed by atoms with van der Waals surface area (Å²) in [5.41, 5.74) is 7.63. The Kier molecular flexibility index (Phi) is 2.38. The number of pyridine rings is 1. The zero-order valence-electron chi connectivity index (χ0n) is 9.72. The molecule has 7 heteroatoms. The Bertz CT molecular complexity index is 763. The van der Waals surface area contributed by atoms with E-state index in [4.69, 9.17) is 5.73 Å². The summed E-state index contributed by atoms with van der Waals surface area (Å²) in [7, 11) is 0. The first-order valence-corrected chi connectivity index (χ1v) is 5.51. The normalized spacial score (nSPS) is 10.7. The summed E-state index contributed by atoms with van der Waals surface area (Å²) in [4.78, 5) is 14.5. The monoisotopic (exact) mass is 255 g/mol. The molecule has 0 radical (unpaired) electrons. The number of nitro groups is 1. The van der Waals surface area contributed by atoms with Crippen LogP contribution in [0.3, 0.4) is 0 Å². The number of hydrogen-bond donors (Lipinski definition) is 1. The molecule has 0 aliphatic carbocycles. The number of fused-ring (bicyclic) bond motifs is 1. The Morgan fingerprint density at radius 1 is 1.21 bits per heavy atom. The number of hydrogen-bond acceptors (Lipinski definition) is 5. The minimum Gasteiger partial charge on any atom is -0.396 e. The number of nitro benzene ring substituents is 1. The maximum absolute atomic E-state index is 10.6. The van der Waals surface area contributed by atoms with Gasteiger partial charge in [0, 0.05) is 23.9 Å². The van der Waals surface area contributed by atoms with Crippen molar-refractivity contribution in [3.8, 4) is 11.4 Å². The summed E-state index contributed by atoms with van der Waals surface area (Å²) >= 11 is 0. The third-order valence-electron chi connectivity index (χ3n) is 2.73. The van der Waals surface area contributed by atoms with Crippen LogP contribution in [-0.4, -0.2) is 19.5 Å². The van der Waals surface area contributed by atoms with Gasteiger partial charge in [0.15, 0.2) is 11.5 Å². The molecule has 0 amide bonds. The highest BCUT2D eigenvalue weighted by Gasteiger charge is 2.10. The van der Waals surface area contributed by atoms with Crippen LogP contribution >= 0.6 is 0 Å². The van der Waals surface area contributed by atoms with Crippen LogP contribution in [0.2, 0.25) is 0 Å². The molecule has 94 valence electrons. The van der Waals surface area contributed by atoms with Gasteiger partial charge in [0.25, 0.3) is 5.69 Å². The van der Waals surface area contributed by atoms with E-state index in [1.807, 2.05) is 0 Å². The number of nitrogens with zero attached hydrogens (tertiary/aromatic N) is 4. The van der Waals surface area contributed by atoms with Crippen LogP contribution in [0.15, 0.2) is 42.6 Å². The van der Waals surface area contributed by atoms with Crippen molar-refractivity contribution < 1.29 is 4.92 Å². The molecule has 0 atom stereocenters. The second-order valence-electron chi connectivity index (χ2n) is 3.97. The molecule has 0 fully saturated rings. The van der Waals surface area contributed by atoms with E-state index in [1.165, 1.54) is 12.1 Å². The largest absolute Gasteiger partial charge is 0.396 e. The quantitative estimate of drug-likeness (QED) is 0.556. The Balaban J connectivity index is 2.09. The van der Waals surface area contributed by atoms with Crippen molar-refractivity contribution in [1.82, 2.24) is 14.6 Å². The van der Waals surface area contributed by atoms with Gasteiger partial charge in [-0.15, -0.1) is 5.10 Å². The summed E-state index contributed by atoms with van der Waals surface area (Å²) in [5.74, 6) is 0.479. The van der Waals surface area contributed by atoms with Crippen LogP contribution in [0.5, 0.6) is 0 Å². The van der Waals surface area contributed by atoms with Crippen molar-refractivity contribution >= 4 is 17.0 Å². The summed E-state index contributed by atoms with van der Waals surface area (Å²) in [6, 6.07) is 9.58. The van der Waals surface area contributed by atoms with Crippen LogP contribution < -0.4 is 5.73 Å². The molecule has 0 saturated heterocycles. The molecule has 2 aromatic heterocycles. The van der Waals surface area contributed by atoms with Crippen LogP contribution in [-0.2, 0) is 0 Å². The SMILES string of the molecule is Nc1cccn2nc(-c3ccc([N+](=O)[O-])cc3)nc12. The number of nitrogen functional groups attached to an aromatic ring is 1. The topological polar surface area (TPSA) is 99.3 Å². The van der Waals surface area contributed by atoms with E-state index in [-0.39, 0.29) is 5.69 Å². The van der Waals surface area contributed by atoms with Gasteiger partial charge >= 0.3 is 0 Å². The summed E-state index contributed by atoms with van der Waals surface area (Å²) < 4.78 is 1.58. The second kappa shape index (κ2) is 4.05. The lowest BCUT2D eigenvalue weighted by Crippen LogP contribution is -1.92. The van der Waals surface area contributed by atoms with Crippen molar-refractivity contribution in [2.75, 3.05) is 5.73 Å². The minimum absolute atomic E-state index is 0.0343. The number of anilines is 1. The van der Waals surface area contributed by atoms with Gasteiger partial charge in [0.05, 0.1) is 10.6 Å². The maximum Gasteiger partial charge on any atom is 0.269 e.